The molecule has 1 aliphatic rings. The molecular formula is C17H14ClNO2. The molecule has 2 heterocycles. The third kappa shape index (κ3) is 2.00. The number of carbonyl (C=O) groups excluding carboxylic acids is 1. The molecule has 1 fully saturated rings. The number of benzene rings is 2. The summed E-state index contributed by atoms with van der Waals surface area (Å²) in [6.45, 7) is 0.689. The molecule has 0 saturated carbocycles. The van der Waals surface area contributed by atoms with Gasteiger partial charge in [0.15, 0.2) is 0 Å². The number of amides is 1. The predicted molar refractivity (Wildman–Crippen MR) is 84.9 cm³/mol. The molecule has 3 aromatic rings. The van der Waals surface area contributed by atoms with Crippen LogP contribution in [0.5, 0.6) is 0 Å². The Morgan fingerprint density at radius 3 is 2.76 bits per heavy atom. The van der Waals surface area contributed by atoms with Crippen LogP contribution >= 0.6 is 11.6 Å². The molecule has 0 bridgehead atoms. The number of anilines is 1. The van der Waals surface area contributed by atoms with Crippen LogP contribution in [0.2, 0.25) is 0 Å². The zero-order valence-corrected chi connectivity index (χ0v) is 12.1. The highest BCUT2D eigenvalue weighted by Crippen LogP contribution is 2.33. The highest BCUT2D eigenvalue weighted by molar-refractivity contribution is 6.18. The van der Waals surface area contributed by atoms with Crippen molar-refractivity contribution in [1.82, 2.24) is 0 Å². The quantitative estimate of drug-likeness (QED) is 0.665. The van der Waals surface area contributed by atoms with E-state index in [9.17, 15) is 4.79 Å². The van der Waals surface area contributed by atoms with Crippen molar-refractivity contribution >= 4 is 45.1 Å². The van der Waals surface area contributed by atoms with Gasteiger partial charge < -0.3 is 9.32 Å². The number of rotatable bonds is 2. The van der Waals surface area contributed by atoms with Gasteiger partial charge in [0.2, 0.25) is 5.91 Å². The van der Waals surface area contributed by atoms with Crippen molar-refractivity contribution in [2.24, 2.45) is 5.92 Å². The summed E-state index contributed by atoms with van der Waals surface area (Å²) in [6.07, 6.45) is 0.529. The van der Waals surface area contributed by atoms with Gasteiger partial charge in [-0.1, -0.05) is 18.2 Å². The molecule has 4 rings (SSSR count). The van der Waals surface area contributed by atoms with Crippen molar-refractivity contribution in [2.75, 3.05) is 17.3 Å². The van der Waals surface area contributed by atoms with Crippen LogP contribution in [0, 0.1) is 5.92 Å². The summed E-state index contributed by atoms with van der Waals surface area (Å²) in [5.74, 6) is 0.899. The Bertz CT molecular complexity index is 839. The van der Waals surface area contributed by atoms with E-state index in [0.717, 1.165) is 27.6 Å². The molecule has 4 heteroatoms. The van der Waals surface area contributed by atoms with Crippen molar-refractivity contribution in [3.8, 4) is 0 Å². The normalized spacial score (nSPS) is 19.0. The third-order valence-electron chi connectivity index (χ3n) is 4.10. The lowest BCUT2D eigenvalue weighted by molar-refractivity contribution is -0.117. The lowest BCUT2D eigenvalue weighted by atomic mass is 10.1. The van der Waals surface area contributed by atoms with Crippen LogP contribution in [-0.2, 0) is 4.79 Å². The molecule has 0 spiro atoms. The van der Waals surface area contributed by atoms with Crippen LogP contribution in [0.15, 0.2) is 46.9 Å². The fourth-order valence-corrected chi connectivity index (χ4v) is 3.22. The molecule has 106 valence electrons. The van der Waals surface area contributed by atoms with Crippen LogP contribution < -0.4 is 4.90 Å². The summed E-state index contributed by atoms with van der Waals surface area (Å²) < 4.78 is 5.88. The third-order valence-corrected chi connectivity index (χ3v) is 4.53. The largest absolute Gasteiger partial charge is 0.456 e. The van der Waals surface area contributed by atoms with Gasteiger partial charge in [-0.15, -0.1) is 11.6 Å². The highest BCUT2D eigenvalue weighted by atomic mass is 35.5. The number of hydrogen-bond donors (Lipinski definition) is 0. The van der Waals surface area contributed by atoms with Gasteiger partial charge >= 0.3 is 0 Å². The fraction of sp³-hybridized carbons (Fsp3) is 0.235. The number of carbonyl (C=O) groups is 1. The molecule has 0 aliphatic carbocycles. The van der Waals surface area contributed by atoms with E-state index in [4.69, 9.17) is 16.0 Å². The molecule has 1 aliphatic heterocycles. The highest BCUT2D eigenvalue weighted by Gasteiger charge is 2.30. The molecule has 1 atom stereocenters. The average molecular weight is 300 g/mol. The number of halogens is 1. The standard InChI is InChI=1S/C17H14ClNO2/c18-9-11-7-17(20)19(10-11)12-5-6-14-13-3-1-2-4-15(13)21-16(14)8-12/h1-6,8,11H,7,9-10H2. The van der Waals surface area contributed by atoms with E-state index >= 15 is 0 Å². The Hall–Kier alpha value is -2.00. The number of fused-ring (bicyclic) bond motifs is 3. The number of nitrogens with zero attached hydrogens (tertiary/aromatic N) is 1. The van der Waals surface area contributed by atoms with E-state index in [2.05, 4.69) is 0 Å². The number of furan rings is 1. The summed E-state index contributed by atoms with van der Waals surface area (Å²) >= 11 is 5.88. The second kappa shape index (κ2) is 4.78. The Balaban J connectivity index is 1.80. The second-order valence-electron chi connectivity index (χ2n) is 5.51. The first kappa shape index (κ1) is 12.7. The summed E-state index contributed by atoms with van der Waals surface area (Å²) in [4.78, 5) is 13.9. The summed E-state index contributed by atoms with van der Waals surface area (Å²) in [6, 6.07) is 13.9. The fourth-order valence-electron chi connectivity index (χ4n) is 3.02. The van der Waals surface area contributed by atoms with Crippen molar-refractivity contribution in [2.45, 2.75) is 6.42 Å². The first-order chi connectivity index (χ1) is 10.3. The predicted octanol–water partition coefficient (Wildman–Crippen LogP) is 4.18. The first-order valence-corrected chi connectivity index (χ1v) is 7.57. The van der Waals surface area contributed by atoms with Gasteiger partial charge in [0.1, 0.15) is 11.2 Å². The zero-order chi connectivity index (χ0) is 14.4. The maximum absolute atomic E-state index is 12.1. The lowest BCUT2D eigenvalue weighted by Crippen LogP contribution is -2.24. The molecular weight excluding hydrogens is 286 g/mol. The summed E-state index contributed by atoms with van der Waals surface area (Å²) in [7, 11) is 0. The SMILES string of the molecule is O=C1CC(CCl)CN1c1ccc2c(c1)oc1ccccc12. The van der Waals surface area contributed by atoms with E-state index in [-0.39, 0.29) is 11.8 Å². The van der Waals surface area contributed by atoms with E-state index in [1.807, 2.05) is 42.5 Å². The van der Waals surface area contributed by atoms with Crippen LogP contribution in [-0.4, -0.2) is 18.3 Å². The molecule has 1 unspecified atom stereocenters. The number of para-hydroxylation sites is 1. The maximum Gasteiger partial charge on any atom is 0.227 e. The van der Waals surface area contributed by atoms with E-state index in [0.29, 0.717) is 18.8 Å². The minimum absolute atomic E-state index is 0.135. The molecule has 1 aromatic heterocycles. The molecule has 21 heavy (non-hydrogen) atoms. The Morgan fingerprint density at radius 2 is 1.95 bits per heavy atom. The van der Waals surface area contributed by atoms with Crippen LogP contribution in [0.25, 0.3) is 21.9 Å². The molecule has 1 saturated heterocycles. The van der Waals surface area contributed by atoms with Crippen LogP contribution in [0.1, 0.15) is 6.42 Å². The van der Waals surface area contributed by atoms with Gasteiger partial charge in [0.05, 0.1) is 0 Å². The van der Waals surface area contributed by atoms with Gasteiger partial charge in [-0.3, -0.25) is 4.79 Å². The maximum atomic E-state index is 12.1. The monoisotopic (exact) mass is 299 g/mol. The van der Waals surface area contributed by atoms with E-state index in [1.165, 1.54) is 0 Å². The first-order valence-electron chi connectivity index (χ1n) is 7.04. The minimum atomic E-state index is 0.135. The van der Waals surface area contributed by atoms with Gasteiger partial charge in [0, 0.05) is 41.4 Å². The van der Waals surface area contributed by atoms with Crippen molar-refractivity contribution in [3.05, 3.63) is 42.5 Å². The van der Waals surface area contributed by atoms with Gasteiger partial charge in [-0.05, 0) is 24.1 Å². The van der Waals surface area contributed by atoms with Crippen LogP contribution in [0.3, 0.4) is 0 Å². The lowest BCUT2D eigenvalue weighted by Gasteiger charge is -2.16. The molecule has 2 aromatic carbocycles. The van der Waals surface area contributed by atoms with Crippen molar-refractivity contribution in [1.29, 1.82) is 0 Å². The van der Waals surface area contributed by atoms with E-state index < -0.39 is 0 Å². The van der Waals surface area contributed by atoms with Crippen LogP contribution in [0.4, 0.5) is 5.69 Å². The summed E-state index contributed by atoms with van der Waals surface area (Å²) in [5.41, 5.74) is 2.58. The van der Waals surface area contributed by atoms with E-state index in [1.54, 1.807) is 4.90 Å². The minimum Gasteiger partial charge on any atom is -0.456 e. The van der Waals surface area contributed by atoms with Gasteiger partial charge in [-0.2, -0.15) is 0 Å². The number of alkyl halides is 1. The second-order valence-corrected chi connectivity index (χ2v) is 5.82. The molecule has 3 nitrogen and oxygen atoms in total. The Kier molecular flexibility index (Phi) is 2.89. The summed E-state index contributed by atoms with van der Waals surface area (Å²) in [5, 5.41) is 2.18. The van der Waals surface area contributed by atoms with Gasteiger partial charge in [0.25, 0.3) is 0 Å². The van der Waals surface area contributed by atoms with Crippen molar-refractivity contribution in [3.63, 3.8) is 0 Å². The molecule has 0 radical (unpaired) electrons. The zero-order valence-electron chi connectivity index (χ0n) is 11.4. The molecule has 1 amide bonds. The molecule has 0 N–H and O–H groups in total. The average Bonchev–Trinajstić information content (AvgIpc) is 3.06. The topological polar surface area (TPSA) is 33.5 Å². The Morgan fingerprint density at radius 1 is 1.14 bits per heavy atom. The smallest absolute Gasteiger partial charge is 0.227 e. The Labute approximate surface area is 127 Å². The van der Waals surface area contributed by atoms with Gasteiger partial charge in [-0.25, -0.2) is 0 Å². The number of hydrogen-bond acceptors (Lipinski definition) is 2. The van der Waals surface area contributed by atoms with Crippen molar-refractivity contribution < 1.29 is 9.21 Å².